The monoisotopic (exact) mass is 743 g/mol. The Bertz CT molecular complexity index is 3270. The van der Waals surface area contributed by atoms with Gasteiger partial charge in [0.15, 0.2) is 5.58 Å². The summed E-state index contributed by atoms with van der Waals surface area (Å²) >= 11 is 0. The van der Waals surface area contributed by atoms with Crippen LogP contribution in [0.3, 0.4) is 0 Å². The van der Waals surface area contributed by atoms with E-state index in [9.17, 15) is 0 Å². The SMILES string of the molecule is c1ccc(-c2cc(-c3ccc(N(c4ccc(-c5ccc6cnccc6c5)cc4)c4ccc(-c5ccc6oc7ccccc7c6n5)cc4)cc3)nc3cccnc23)cc1. The smallest absolute Gasteiger partial charge is 0.153 e. The summed E-state index contributed by atoms with van der Waals surface area (Å²) in [5.41, 5.74) is 15.7. The van der Waals surface area contributed by atoms with Crippen molar-refractivity contribution in [2.75, 3.05) is 4.90 Å². The number of furan rings is 1. The summed E-state index contributed by atoms with van der Waals surface area (Å²) in [6.45, 7) is 0. The van der Waals surface area contributed by atoms with E-state index in [0.717, 1.165) is 100 Å². The molecule has 0 bridgehead atoms. The third kappa shape index (κ3) is 6.01. The number of aromatic nitrogens is 4. The third-order valence-corrected chi connectivity index (χ3v) is 10.8. The Labute approximate surface area is 334 Å². The van der Waals surface area contributed by atoms with Gasteiger partial charge in [0.05, 0.1) is 22.4 Å². The Morgan fingerprint density at radius 1 is 0.414 bits per heavy atom. The summed E-state index contributed by atoms with van der Waals surface area (Å²) in [4.78, 5) is 21.4. The van der Waals surface area contributed by atoms with Gasteiger partial charge in [-0.3, -0.25) is 9.97 Å². The maximum absolute atomic E-state index is 6.05. The molecule has 0 radical (unpaired) electrons. The van der Waals surface area contributed by atoms with E-state index in [1.165, 1.54) is 5.39 Å². The van der Waals surface area contributed by atoms with Gasteiger partial charge < -0.3 is 9.32 Å². The minimum Gasteiger partial charge on any atom is -0.454 e. The minimum atomic E-state index is 0.784. The second-order valence-corrected chi connectivity index (χ2v) is 14.3. The quantitative estimate of drug-likeness (QED) is 0.162. The highest BCUT2D eigenvalue weighted by atomic mass is 16.3. The number of nitrogens with zero attached hydrogens (tertiary/aromatic N) is 5. The van der Waals surface area contributed by atoms with Crippen molar-refractivity contribution in [3.05, 3.63) is 201 Å². The van der Waals surface area contributed by atoms with E-state index < -0.39 is 0 Å². The van der Waals surface area contributed by atoms with Gasteiger partial charge in [0.2, 0.25) is 0 Å². The van der Waals surface area contributed by atoms with Crippen LogP contribution in [0.2, 0.25) is 0 Å². The molecule has 0 N–H and O–H groups in total. The van der Waals surface area contributed by atoms with Gasteiger partial charge >= 0.3 is 0 Å². The van der Waals surface area contributed by atoms with Crippen LogP contribution in [0, 0.1) is 0 Å². The number of para-hydroxylation sites is 1. The number of pyridine rings is 4. The number of rotatable bonds is 7. The molecule has 0 aliphatic heterocycles. The zero-order valence-corrected chi connectivity index (χ0v) is 31.2. The molecule has 272 valence electrons. The molecule has 5 heterocycles. The van der Waals surface area contributed by atoms with Gasteiger partial charge in [-0.05, 0) is 113 Å². The number of hydrogen-bond acceptors (Lipinski definition) is 6. The first-order valence-corrected chi connectivity index (χ1v) is 19.3. The average Bonchev–Trinajstić information content (AvgIpc) is 3.68. The lowest BCUT2D eigenvalue weighted by Gasteiger charge is -2.26. The van der Waals surface area contributed by atoms with Crippen LogP contribution in [0.4, 0.5) is 17.1 Å². The lowest BCUT2D eigenvalue weighted by atomic mass is 10.0. The summed E-state index contributed by atoms with van der Waals surface area (Å²) in [5.74, 6) is 0. The molecule has 0 unspecified atom stereocenters. The van der Waals surface area contributed by atoms with E-state index in [-0.39, 0.29) is 0 Å². The highest BCUT2D eigenvalue weighted by molar-refractivity contribution is 6.03. The maximum Gasteiger partial charge on any atom is 0.153 e. The van der Waals surface area contributed by atoms with Crippen LogP contribution in [0.5, 0.6) is 0 Å². The van der Waals surface area contributed by atoms with Crippen molar-refractivity contribution in [2.24, 2.45) is 0 Å². The molecule has 0 saturated heterocycles. The van der Waals surface area contributed by atoms with Gasteiger partial charge in [-0.25, -0.2) is 9.97 Å². The summed E-state index contributed by atoms with van der Waals surface area (Å²) in [7, 11) is 0. The Balaban J connectivity index is 0.979. The number of fused-ring (bicyclic) bond motifs is 5. The van der Waals surface area contributed by atoms with E-state index in [1.807, 2.05) is 67.1 Å². The lowest BCUT2D eigenvalue weighted by molar-refractivity contribution is 0.668. The predicted molar refractivity (Wildman–Crippen MR) is 236 cm³/mol. The third-order valence-electron chi connectivity index (χ3n) is 10.8. The van der Waals surface area contributed by atoms with Crippen molar-refractivity contribution in [1.29, 1.82) is 0 Å². The minimum absolute atomic E-state index is 0.784. The first-order chi connectivity index (χ1) is 28.7. The Kier molecular flexibility index (Phi) is 8.04. The second-order valence-electron chi connectivity index (χ2n) is 14.3. The fourth-order valence-corrected chi connectivity index (χ4v) is 7.88. The lowest BCUT2D eigenvalue weighted by Crippen LogP contribution is -2.09. The largest absolute Gasteiger partial charge is 0.454 e. The molecule has 0 saturated carbocycles. The Hall–Kier alpha value is -7.96. The number of benzene rings is 6. The van der Waals surface area contributed by atoms with E-state index in [4.69, 9.17) is 19.4 Å². The molecule has 6 nitrogen and oxygen atoms in total. The van der Waals surface area contributed by atoms with Crippen LogP contribution in [0.15, 0.2) is 205 Å². The molecule has 58 heavy (non-hydrogen) atoms. The molecule has 0 aliphatic carbocycles. The van der Waals surface area contributed by atoms with Gasteiger partial charge in [-0.15, -0.1) is 0 Å². The van der Waals surface area contributed by atoms with Crippen LogP contribution in [-0.2, 0) is 0 Å². The maximum atomic E-state index is 6.05. The van der Waals surface area contributed by atoms with Crippen molar-refractivity contribution in [3.63, 3.8) is 0 Å². The zero-order chi connectivity index (χ0) is 38.4. The van der Waals surface area contributed by atoms with Gasteiger partial charge in [0.25, 0.3) is 0 Å². The highest BCUT2D eigenvalue weighted by Gasteiger charge is 2.16. The standard InChI is InChI=1S/C52H33N5O/c1-2-7-35(8-3-1)45-32-48(55-47-10-6-29-54-51(45)47)37-18-24-43(25-19-37)57(41-20-14-34(15-21-41)38-12-13-40-33-53-30-28-39(40)31-38)42-22-16-36(17-23-42)46-26-27-50-52(56-46)44-9-4-5-11-49(44)58-50/h1-33H. The summed E-state index contributed by atoms with van der Waals surface area (Å²) < 4.78 is 6.05. The summed E-state index contributed by atoms with van der Waals surface area (Å²) in [6.07, 6.45) is 5.57. The Morgan fingerprint density at radius 3 is 1.88 bits per heavy atom. The molecule has 0 aliphatic rings. The van der Waals surface area contributed by atoms with Crippen molar-refractivity contribution in [2.45, 2.75) is 0 Å². The van der Waals surface area contributed by atoms with E-state index >= 15 is 0 Å². The van der Waals surface area contributed by atoms with Crippen LogP contribution < -0.4 is 4.90 Å². The normalized spacial score (nSPS) is 11.4. The van der Waals surface area contributed by atoms with Crippen LogP contribution >= 0.6 is 0 Å². The first-order valence-electron chi connectivity index (χ1n) is 19.3. The van der Waals surface area contributed by atoms with Gasteiger partial charge in [-0.2, -0.15) is 0 Å². The molecule has 5 aromatic heterocycles. The van der Waals surface area contributed by atoms with E-state index in [1.54, 1.807) is 0 Å². The molecule has 0 atom stereocenters. The molecule has 6 heteroatoms. The van der Waals surface area contributed by atoms with Gasteiger partial charge in [-0.1, -0.05) is 91.0 Å². The number of anilines is 3. The van der Waals surface area contributed by atoms with Crippen LogP contribution in [0.1, 0.15) is 0 Å². The summed E-state index contributed by atoms with van der Waals surface area (Å²) in [5, 5.41) is 3.31. The van der Waals surface area contributed by atoms with Crippen molar-refractivity contribution >= 4 is 60.9 Å². The van der Waals surface area contributed by atoms with E-state index in [0.29, 0.717) is 0 Å². The molecular formula is C52H33N5O. The average molecular weight is 744 g/mol. The Morgan fingerprint density at radius 2 is 1.10 bits per heavy atom. The van der Waals surface area contributed by atoms with Gasteiger partial charge in [0.1, 0.15) is 11.1 Å². The molecule has 11 aromatic rings. The summed E-state index contributed by atoms with van der Waals surface area (Å²) in [6, 6.07) is 63.2. The van der Waals surface area contributed by atoms with Gasteiger partial charge in [0, 0.05) is 63.1 Å². The van der Waals surface area contributed by atoms with Crippen molar-refractivity contribution in [1.82, 2.24) is 19.9 Å². The fourth-order valence-electron chi connectivity index (χ4n) is 7.88. The molecule has 11 rings (SSSR count). The van der Waals surface area contributed by atoms with Crippen LogP contribution in [-0.4, -0.2) is 19.9 Å². The first kappa shape index (κ1) is 33.4. The van der Waals surface area contributed by atoms with Crippen molar-refractivity contribution < 1.29 is 4.42 Å². The van der Waals surface area contributed by atoms with Crippen molar-refractivity contribution in [3.8, 4) is 44.8 Å². The number of hydrogen-bond donors (Lipinski definition) is 0. The topological polar surface area (TPSA) is 67.9 Å². The van der Waals surface area contributed by atoms with Crippen LogP contribution in [0.25, 0.3) is 88.6 Å². The predicted octanol–water partition coefficient (Wildman–Crippen LogP) is 13.6. The van der Waals surface area contributed by atoms with E-state index in [2.05, 4.69) is 143 Å². The molecule has 6 aromatic carbocycles. The fraction of sp³-hybridized carbons (Fsp3) is 0. The molecule has 0 fully saturated rings. The molecule has 0 amide bonds. The zero-order valence-electron chi connectivity index (χ0n) is 31.2. The molecule has 0 spiro atoms. The highest BCUT2D eigenvalue weighted by Crippen LogP contribution is 2.39. The second kappa shape index (κ2) is 14.0. The molecular weight excluding hydrogens is 711 g/mol.